The van der Waals surface area contributed by atoms with E-state index in [4.69, 9.17) is 14.2 Å². The van der Waals surface area contributed by atoms with Crippen LogP contribution in [0.3, 0.4) is 0 Å². The Morgan fingerprint density at radius 2 is 0.774 bits per heavy atom. The smallest absolute Gasteiger partial charge is 0.309 e. The topological polar surface area (TPSA) is 61.8 Å². The molecule has 0 aromatic rings. The van der Waals surface area contributed by atoms with Gasteiger partial charge in [-0.1, -0.05) is 193 Å². The first-order valence-corrected chi connectivity index (χ1v) is 24.7. The third-order valence-electron chi connectivity index (χ3n) is 9.68. The first-order valence-electron chi connectivity index (χ1n) is 24.7. The number of rotatable bonds is 43. The second-order valence-corrected chi connectivity index (χ2v) is 15.6. The highest BCUT2D eigenvalue weighted by atomic mass is 16.6. The Morgan fingerprint density at radius 1 is 0.387 bits per heavy atom. The molecule has 0 radical (unpaired) electrons. The molecule has 0 aliphatic heterocycles. The Hall–Kier alpha value is -3.96. The molecule has 0 aliphatic carbocycles. The Bertz CT molecular complexity index is 1330. The molecule has 0 saturated carbocycles. The van der Waals surface area contributed by atoms with Crippen LogP contribution in [-0.4, -0.2) is 37.9 Å². The third-order valence-corrected chi connectivity index (χ3v) is 9.68. The summed E-state index contributed by atoms with van der Waals surface area (Å²) in [6.07, 6.45) is 73.4. The normalized spacial score (nSPS) is 13.4. The quantitative estimate of drug-likeness (QED) is 0.0347. The van der Waals surface area contributed by atoms with Gasteiger partial charge in [-0.25, -0.2) is 0 Å². The van der Waals surface area contributed by atoms with Crippen LogP contribution in [0.15, 0.2) is 134 Å². The molecule has 5 heteroatoms. The summed E-state index contributed by atoms with van der Waals surface area (Å²) in [7, 11) is 0. The fourth-order valence-corrected chi connectivity index (χ4v) is 6.07. The molecular weight excluding hydrogens is 765 g/mol. The standard InChI is InChI=1S/C57H90O5/c1-4-7-10-13-16-19-22-25-28-31-34-37-40-43-46-49-52-60-53-55(62-57(59)51-48-45-42-39-36-33-30-27-24-21-18-15-12-9-6-3)54-61-56(58)50-47-44-41-38-35-32-29-26-23-20-17-14-11-8-5-2/h7-8,10-11,16-21,25-30,34-35,37-38,44,47,55H,4-6,9,12-15,22-24,31-33,36,39-43,45-46,48-54H2,1-3H3/b10-7-,11-8-,19-16-,20-17-,21-18-,28-25-,29-26-,30-27-,37-34-,38-35-,47-44-. The van der Waals surface area contributed by atoms with Crippen molar-refractivity contribution < 1.29 is 23.8 Å². The van der Waals surface area contributed by atoms with Gasteiger partial charge in [-0.15, -0.1) is 0 Å². The molecule has 0 aromatic heterocycles. The van der Waals surface area contributed by atoms with Gasteiger partial charge >= 0.3 is 11.9 Å². The molecule has 0 aromatic carbocycles. The summed E-state index contributed by atoms with van der Waals surface area (Å²) in [4.78, 5) is 25.3. The lowest BCUT2D eigenvalue weighted by molar-refractivity contribution is -0.162. The highest BCUT2D eigenvalue weighted by Crippen LogP contribution is 2.11. The fraction of sp³-hybridized carbons (Fsp3) is 0.579. The zero-order valence-corrected chi connectivity index (χ0v) is 39.8. The maximum absolute atomic E-state index is 12.8. The first-order chi connectivity index (χ1) is 30.6. The highest BCUT2D eigenvalue weighted by Gasteiger charge is 2.17. The summed E-state index contributed by atoms with van der Waals surface area (Å²) < 4.78 is 17.2. The highest BCUT2D eigenvalue weighted by molar-refractivity contribution is 5.71. The van der Waals surface area contributed by atoms with Crippen molar-refractivity contribution in [2.24, 2.45) is 0 Å². The van der Waals surface area contributed by atoms with Crippen LogP contribution in [0.25, 0.3) is 0 Å². The summed E-state index contributed by atoms with van der Waals surface area (Å²) in [5, 5.41) is 0. The van der Waals surface area contributed by atoms with E-state index in [1.165, 1.54) is 38.5 Å². The number of allylic oxidation sites excluding steroid dienone is 21. The number of carbonyl (C=O) groups excluding carboxylic acids is 2. The lowest BCUT2D eigenvalue weighted by Gasteiger charge is -2.18. The van der Waals surface area contributed by atoms with E-state index in [0.717, 1.165) is 116 Å². The average Bonchev–Trinajstić information content (AvgIpc) is 3.27. The van der Waals surface area contributed by atoms with Crippen molar-refractivity contribution in [3.8, 4) is 0 Å². The summed E-state index contributed by atoms with van der Waals surface area (Å²) in [5.74, 6) is -0.590. The van der Waals surface area contributed by atoms with Crippen LogP contribution in [0.1, 0.15) is 188 Å². The number of unbranched alkanes of at least 4 members (excludes halogenated alkanes) is 11. The van der Waals surface area contributed by atoms with Crippen molar-refractivity contribution in [1.82, 2.24) is 0 Å². The minimum atomic E-state index is -0.609. The molecule has 1 atom stereocenters. The first kappa shape index (κ1) is 58.0. The van der Waals surface area contributed by atoms with E-state index in [0.29, 0.717) is 13.0 Å². The van der Waals surface area contributed by atoms with Crippen LogP contribution in [0.4, 0.5) is 0 Å². The lowest BCUT2D eigenvalue weighted by atomic mass is 10.1. The Morgan fingerprint density at radius 3 is 1.24 bits per heavy atom. The second-order valence-electron chi connectivity index (χ2n) is 15.6. The molecule has 0 fully saturated rings. The summed E-state index contributed by atoms with van der Waals surface area (Å²) >= 11 is 0. The van der Waals surface area contributed by atoms with Crippen LogP contribution >= 0.6 is 0 Å². The SMILES string of the molecule is CC/C=C\C/C=C\C/C=C\C/C=C\C/C=C\CC(=O)OCC(COCCCCC/C=C\C/C=C\C/C=C\C/C=C\CC)OC(=O)CCCCCCC/C=C\C/C=C\CCCCC. The van der Waals surface area contributed by atoms with Crippen LogP contribution in [-0.2, 0) is 23.8 Å². The van der Waals surface area contributed by atoms with Gasteiger partial charge in [-0.3, -0.25) is 9.59 Å². The van der Waals surface area contributed by atoms with Gasteiger partial charge in [-0.05, 0) is 116 Å². The van der Waals surface area contributed by atoms with Gasteiger partial charge in [0.2, 0.25) is 0 Å². The maximum Gasteiger partial charge on any atom is 0.309 e. The molecule has 5 nitrogen and oxygen atoms in total. The van der Waals surface area contributed by atoms with Gasteiger partial charge in [0.15, 0.2) is 6.10 Å². The molecule has 62 heavy (non-hydrogen) atoms. The van der Waals surface area contributed by atoms with Crippen molar-refractivity contribution in [3.63, 3.8) is 0 Å². The lowest BCUT2D eigenvalue weighted by Crippen LogP contribution is -2.30. The largest absolute Gasteiger partial charge is 0.461 e. The van der Waals surface area contributed by atoms with Crippen LogP contribution in [0, 0.1) is 0 Å². The Kier molecular flexibility index (Phi) is 48.1. The zero-order chi connectivity index (χ0) is 44.9. The van der Waals surface area contributed by atoms with Gasteiger partial charge < -0.3 is 14.2 Å². The zero-order valence-electron chi connectivity index (χ0n) is 39.8. The van der Waals surface area contributed by atoms with Gasteiger partial charge in [0.25, 0.3) is 0 Å². The van der Waals surface area contributed by atoms with E-state index in [9.17, 15) is 9.59 Å². The van der Waals surface area contributed by atoms with Crippen LogP contribution in [0.5, 0.6) is 0 Å². The fourth-order valence-electron chi connectivity index (χ4n) is 6.07. The van der Waals surface area contributed by atoms with E-state index in [2.05, 4.69) is 142 Å². The monoisotopic (exact) mass is 855 g/mol. The molecule has 0 N–H and O–H groups in total. The number of carbonyl (C=O) groups is 2. The maximum atomic E-state index is 12.8. The molecule has 0 saturated heterocycles. The second kappa shape index (κ2) is 51.4. The van der Waals surface area contributed by atoms with Crippen molar-refractivity contribution >= 4 is 11.9 Å². The van der Waals surface area contributed by atoms with Gasteiger partial charge in [-0.2, -0.15) is 0 Å². The average molecular weight is 855 g/mol. The molecule has 0 spiro atoms. The van der Waals surface area contributed by atoms with E-state index in [-0.39, 0.29) is 31.6 Å². The van der Waals surface area contributed by atoms with Crippen molar-refractivity contribution in [2.45, 2.75) is 194 Å². The molecule has 348 valence electrons. The van der Waals surface area contributed by atoms with Crippen LogP contribution < -0.4 is 0 Å². The summed E-state index contributed by atoms with van der Waals surface area (Å²) in [6.45, 7) is 7.35. The van der Waals surface area contributed by atoms with Crippen LogP contribution in [0.2, 0.25) is 0 Å². The van der Waals surface area contributed by atoms with E-state index < -0.39 is 6.10 Å². The molecule has 0 heterocycles. The molecule has 0 aliphatic rings. The number of esters is 2. The molecule has 1 unspecified atom stereocenters. The summed E-state index contributed by atoms with van der Waals surface area (Å²) in [6, 6.07) is 0. The van der Waals surface area contributed by atoms with Crippen molar-refractivity contribution in [3.05, 3.63) is 134 Å². The molecular formula is C57H90O5. The summed E-state index contributed by atoms with van der Waals surface area (Å²) in [5.41, 5.74) is 0. The molecule has 0 amide bonds. The van der Waals surface area contributed by atoms with Gasteiger partial charge in [0, 0.05) is 13.0 Å². The number of ether oxygens (including phenoxy) is 3. The molecule has 0 bridgehead atoms. The Balaban J connectivity index is 4.52. The minimum absolute atomic E-state index is 0.00325. The molecule has 0 rings (SSSR count). The van der Waals surface area contributed by atoms with Crippen molar-refractivity contribution in [2.75, 3.05) is 19.8 Å². The van der Waals surface area contributed by atoms with E-state index in [1.807, 2.05) is 12.2 Å². The number of hydrogen-bond acceptors (Lipinski definition) is 5. The van der Waals surface area contributed by atoms with Gasteiger partial charge in [0.05, 0.1) is 13.0 Å². The number of hydrogen-bond donors (Lipinski definition) is 0. The van der Waals surface area contributed by atoms with Crippen molar-refractivity contribution in [1.29, 1.82) is 0 Å². The predicted molar refractivity (Wildman–Crippen MR) is 269 cm³/mol. The minimum Gasteiger partial charge on any atom is -0.461 e. The Labute approximate surface area is 381 Å². The van der Waals surface area contributed by atoms with E-state index in [1.54, 1.807) is 0 Å². The predicted octanol–water partition coefficient (Wildman–Crippen LogP) is 16.8. The van der Waals surface area contributed by atoms with Gasteiger partial charge in [0.1, 0.15) is 6.61 Å². The third kappa shape index (κ3) is 48.7. The van der Waals surface area contributed by atoms with E-state index >= 15 is 0 Å².